The van der Waals surface area contributed by atoms with Gasteiger partial charge in [-0.25, -0.2) is 9.78 Å². The van der Waals surface area contributed by atoms with Crippen LogP contribution >= 0.6 is 0 Å². The van der Waals surface area contributed by atoms with Crippen LogP contribution in [0.25, 0.3) is 0 Å². The van der Waals surface area contributed by atoms with E-state index in [1.54, 1.807) is 6.20 Å². The van der Waals surface area contributed by atoms with Crippen LogP contribution in [0.15, 0.2) is 18.5 Å². The van der Waals surface area contributed by atoms with Crippen LogP contribution in [-0.2, 0) is 12.8 Å². The van der Waals surface area contributed by atoms with Crippen LogP contribution in [0.5, 0.6) is 5.88 Å². The molecule has 7 heteroatoms. The Kier molecular flexibility index (Phi) is 3.95. The van der Waals surface area contributed by atoms with E-state index < -0.39 is 0 Å². The van der Waals surface area contributed by atoms with E-state index in [1.807, 2.05) is 19.2 Å². The summed E-state index contributed by atoms with van der Waals surface area (Å²) in [4.78, 5) is 16.3. The van der Waals surface area contributed by atoms with Gasteiger partial charge in [0, 0.05) is 17.9 Å². The van der Waals surface area contributed by atoms with E-state index in [4.69, 9.17) is 4.74 Å². The Morgan fingerprint density at radius 1 is 1.45 bits per heavy atom. The van der Waals surface area contributed by atoms with Gasteiger partial charge in [-0.05, 0) is 43.4 Å². The van der Waals surface area contributed by atoms with E-state index >= 15 is 0 Å². The van der Waals surface area contributed by atoms with E-state index in [0.717, 1.165) is 24.8 Å². The Balaban J connectivity index is 1.63. The van der Waals surface area contributed by atoms with Crippen LogP contribution in [0.3, 0.4) is 0 Å². The number of hydrogen-bond acceptors (Lipinski definition) is 4. The van der Waals surface area contributed by atoms with Crippen LogP contribution in [0.1, 0.15) is 23.2 Å². The van der Waals surface area contributed by atoms with Gasteiger partial charge in [-0.2, -0.15) is 5.10 Å². The highest BCUT2D eigenvalue weighted by molar-refractivity contribution is 5.90. The van der Waals surface area contributed by atoms with Crippen molar-refractivity contribution < 1.29 is 9.53 Å². The van der Waals surface area contributed by atoms with Crippen molar-refractivity contribution in [2.45, 2.75) is 32.2 Å². The Hall–Kier alpha value is -2.57. The van der Waals surface area contributed by atoms with E-state index in [2.05, 4.69) is 25.8 Å². The minimum absolute atomic E-state index is 0.105. The van der Waals surface area contributed by atoms with Gasteiger partial charge in [-0.3, -0.25) is 5.10 Å². The number of nitrogens with zero attached hydrogens (tertiary/aromatic N) is 2. The molecule has 2 amide bonds. The topological polar surface area (TPSA) is 91.9 Å². The number of urea groups is 1. The fraction of sp³-hybridized carbons (Fsp3) is 0.400. The van der Waals surface area contributed by atoms with Crippen LogP contribution in [-0.4, -0.2) is 34.4 Å². The monoisotopic (exact) mass is 301 g/mol. The first-order valence-corrected chi connectivity index (χ1v) is 7.25. The maximum absolute atomic E-state index is 12.2. The maximum Gasteiger partial charge on any atom is 0.319 e. The Labute approximate surface area is 128 Å². The predicted octanol–water partition coefficient (Wildman–Crippen LogP) is 1.80. The highest BCUT2D eigenvalue weighted by Gasteiger charge is 2.21. The lowest BCUT2D eigenvalue weighted by molar-refractivity contribution is 0.247. The predicted molar refractivity (Wildman–Crippen MR) is 82.1 cm³/mol. The Morgan fingerprint density at radius 3 is 3.14 bits per heavy atom. The second-order valence-electron chi connectivity index (χ2n) is 5.48. The van der Waals surface area contributed by atoms with Gasteiger partial charge in [-0.1, -0.05) is 0 Å². The van der Waals surface area contributed by atoms with Crippen molar-refractivity contribution >= 4 is 11.7 Å². The number of pyridine rings is 1. The summed E-state index contributed by atoms with van der Waals surface area (Å²) in [5.41, 5.74) is 3.87. The zero-order valence-electron chi connectivity index (χ0n) is 12.6. The molecule has 0 radical (unpaired) electrons. The average molecular weight is 301 g/mol. The SMILES string of the molecule is COc1ncc(C)cc1NC(=O)N[C@@H]1CCc2[nH]ncc2C1. The van der Waals surface area contributed by atoms with Gasteiger partial charge in [0.15, 0.2) is 0 Å². The number of amides is 2. The van der Waals surface area contributed by atoms with Crippen molar-refractivity contribution in [1.82, 2.24) is 20.5 Å². The van der Waals surface area contributed by atoms with Crippen LogP contribution in [0.2, 0.25) is 0 Å². The van der Waals surface area contributed by atoms with E-state index in [9.17, 15) is 4.79 Å². The summed E-state index contributed by atoms with van der Waals surface area (Å²) in [5, 5.41) is 12.8. The fourth-order valence-electron chi connectivity index (χ4n) is 2.69. The normalized spacial score (nSPS) is 16.7. The molecule has 0 saturated heterocycles. The molecule has 2 aromatic rings. The number of nitrogens with one attached hydrogen (secondary N) is 3. The molecule has 3 rings (SSSR count). The van der Waals surface area contributed by atoms with E-state index in [0.29, 0.717) is 11.6 Å². The molecular formula is C15H19N5O2. The number of carbonyl (C=O) groups is 1. The van der Waals surface area contributed by atoms with Gasteiger partial charge < -0.3 is 15.4 Å². The van der Waals surface area contributed by atoms with Gasteiger partial charge in [0.2, 0.25) is 5.88 Å². The van der Waals surface area contributed by atoms with Crippen LogP contribution in [0, 0.1) is 6.92 Å². The Morgan fingerprint density at radius 2 is 2.32 bits per heavy atom. The number of fused-ring (bicyclic) bond motifs is 1. The smallest absolute Gasteiger partial charge is 0.319 e. The number of anilines is 1. The summed E-state index contributed by atoms with van der Waals surface area (Å²) in [6.07, 6.45) is 6.11. The molecule has 7 nitrogen and oxygen atoms in total. The van der Waals surface area contributed by atoms with Crippen molar-refractivity contribution in [3.8, 4) is 5.88 Å². The second kappa shape index (κ2) is 6.05. The first-order valence-electron chi connectivity index (χ1n) is 7.25. The molecule has 1 atom stereocenters. The molecule has 116 valence electrons. The minimum atomic E-state index is -0.248. The fourth-order valence-corrected chi connectivity index (χ4v) is 2.69. The van der Waals surface area contributed by atoms with Crippen molar-refractivity contribution in [2.75, 3.05) is 12.4 Å². The number of ether oxygens (including phenoxy) is 1. The molecule has 1 aliphatic rings. The third-order valence-electron chi connectivity index (χ3n) is 3.78. The summed E-state index contributed by atoms with van der Waals surface area (Å²) in [7, 11) is 1.53. The first-order chi connectivity index (χ1) is 10.7. The molecule has 0 spiro atoms. The summed E-state index contributed by atoms with van der Waals surface area (Å²) in [6, 6.07) is 1.69. The molecular weight excluding hydrogens is 282 g/mol. The number of aryl methyl sites for hydroxylation is 2. The summed E-state index contributed by atoms with van der Waals surface area (Å²) >= 11 is 0. The van der Waals surface area contributed by atoms with Crippen molar-refractivity contribution in [1.29, 1.82) is 0 Å². The van der Waals surface area contributed by atoms with Crippen molar-refractivity contribution in [2.24, 2.45) is 0 Å². The number of rotatable bonds is 3. The van der Waals surface area contributed by atoms with Gasteiger partial charge >= 0.3 is 6.03 Å². The van der Waals surface area contributed by atoms with Gasteiger partial charge in [-0.15, -0.1) is 0 Å². The average Bonchev–Trinajstić information content (AvgIpc) is 2.95. The number of methoxy groups -OCH3 is 1. The van der Waals surface area contributed by atoms with Crippen molar-refractivity contribution in [3.63, 3.8) is 0 Å². The molecule has 2 aromatic heterocycles. The Bertz CT molecular complexity index is 682. The lowest BCUT2D eigenvalue weighted by atomic mass is 9.94. The molecule has 3 N–H and O–H groups in total. The molecule has 0 bridgehead atoms. The highest BCUT2D eigenvalue weighted by atomic mass is 16.5. The molecule has 2 heterocycles. The number of carbonyl (C=O) groups excluding carboxylic acids is 1. The molecule has 0 aromatic carbocycles. The standard InChI is InChI=1S/C15H19N5O2/c1-9-5-13(14(22-2)16-7-9)19-15(21)18-11-3-4-12-10(6-11)8-17-20-12/h5,7-8,11H,3-4,6H2,1-2H3,(H,17,20)(H2,18,19,21)/t11-/m1/s1. The number of H-pyrrole nitrogens is 1. The maximum atomic E-state index is 12.2. The molecule has 1 aliphatic carbocycles. The second-order valence-corrected chi connectivity index (χ2v) is 5.48. The lowest BCUT2D eigenvalue weighted by Gasteiger charge is -2.23. The number of aromatic amines is 1. The van der Waals surface area contributed by atoms with Gasteiger partial charge in [0.1, 0.15) is 5.69 Å². The van der Waals surface area contributed by atoms with Crippen molar-refractivity contribution in [3.05, 3.63) is 35.3 Å². The third-order valence-corrected chi connectivity index (χ3v) is 3.78. The molecule has 0 fully saturated rings. The molecule has 22 heavy (non-hydrogen) atoms. The van der Waals surface area contributed by atoms with E-state index in [1.165, 1.54) is 18.4 Å². The lowest BCUT2D eigenvalue weighted by Crippen LogP contribution is -2.41. The van der Waals surface area contributed by atoms with E-state index in [-0.39, 0.29) is 12.1 Å². The summed E-state index contributed by atoms with van der Waals surface area (Å²) in [6.45, 7) is 1.91. The first kappa shape index (κ1) is 14.4. The molecule has 0 unspecified atom stereocenters. The van der Waals surface area contributed by atoms with Crippen LogP contribution in [0.4, 0.5) is 10.5 Å². The summed E-state index contributed by atoms with van der Waals surface area (Å²) < 4.78 is 5.16. The summed E-state index contributed by atoms with van der Waals surface area (Å²) in [5.74, 6) is 0.404. The number of hydrogen-bond donors (Lipinski definition) is 3. The van der Waals surface area contributed by atoms with Gasteiger partial charge in [0.05, 0.1) is 13.3 Å². The van der Waals surface area contributed by atoms with Gasteiger partial charge in [0.25, 0.3) is 0 Å². The highest BCUT2D eigenvalue weighted by Crippen LogP contribution is 2.22. The minimum Gasteiger partial charge on any atom is -0.480 e. The quantitative estimate of drug-likeness (QED) is 0.806. The number of aromatic nitrogens is 3. The third kappa shape index (κ3) is 3.03. The van der Waals surface area contributed by atoms with Crippen LogP contribution < -0.4 is 15.4 Å². The zero-order valence-corrected chi connectivity index (χ0v) is 12.6. The molecule has 0 saturated carbocycles. The largest absolute Gasteiger partial charge is 0.480 e. The molecule has 0 aliphatic heterocycles. The zero-order chi connectivity index (χ0) is 15.5.